The molecule has 0 bridgehead atoms. The summed E-state index contributed by atoms with van der Waals surface area (Å²) in [5.41, 5.74) is 1.90. The largest absolute Gasteiger partial charge is 0.479 e. The van der Waals surface area contributed by atoms with Crippen LogP contribution in [0.25, 0.3) is 0 Å². The number of carbonyl (C=O) groups excluding carboxylic acids is 1. The topological polar surface area (TPSA) is 84.9 Å². The number of ether oxygens (including phenoxy) is 1. The molecule has 6 heteroatoms. The van der Waals surface area contributed by atoms with E-state index in [4.69, 9.17) is 5.11 Å². The highest BCUT2D eigenvalue weighted by Crippen LogP contribution is 1.96. The van der Waals surface area contributed by atoms with Crippen LogP contribution in [-0.4, -0.2) is 29.4 Å². The number of rotatable bonds is 5. The third-order valence-corrected chi connectivity index (χ3v) is 1.27. The van der Waals surface area contributed by atoms with E-state index in [9.17, 15) is 9.59 Å². The minimum atomic E-state index is -1.13. The Kier molecular flexibility index (Phi) is 5.62. The van der Waals surface area contributed by atoms with Gasteiger partial charge in [-0.1, -0.05) is 6.92 Å². The SMILES string of the molecule is CC[C@@H](ONC(=O)OC(C)C)C(=O)O. The Morgan fingerprint density at radius 1 is 1.43 bits per heavy atom. The predicted octanol–water partition coefficient (Wildman–Crippen LogP) is 0.916. The van der Waals surface area contributed by atoms with Crippen LogP contribution in [0.5, 0.6) is 0 Å². The van der Waals surface area contributed by atoms with Crippen molar-refractivity contribution in [2.24, 2.45) is 0 Å². The van der Waals surface area contributed by atoms with Gasteiger partial charge in [0.05, 0.1) is 6.10 Å². The van der Waals surface area contributed by atoms with Gasteiger partial charge in [0.2, 0.25) is 0 Å². The lowest BCUT2D eigenvalue weighted by Crippen LogP contribution is -2.35. The molecule has 0 aromatic rings. The molecule has 0 rings (SSSR count). The summed E-state index contributed by atoms with van der Waals surface area (Å²) in [6, 6.07) is 0. The fourth-order valence-corrected chi connectivity index (χ4v) is 0.666. The molecule has 2 N–H and O–H groups in total. The van der Waals surface area contributed by atoms with E-state index in [1.807, 2.05) is 5.48 Å². The Balaban J connectivity index is 3.80. The molecule has 0 saturated heterocycles. The Labute approximate surface area is 82.1 Å². The Morgan fingerprint density at radius 2 is 2.00 bits per heavy atom. The van der Waals surface area contributed by atoms with Gasteiger partial charge in [0, 0.05) is 0 Å². The lowest BCUT2D eigenvalue weighted by atomic mass is 10.3. The van der Waals surface area contributed by atoms with Gasteiger partial charge in [-0.15, -0.1) is 0 Å². The number of nitrogens with one attached hydrogen (secondary N) is 1. The number of carboxylic acid groups (broad SMARTS) is 1. The smallest absolute Gasteiger partial charge is 0.431 e. The monoisotopic (exact) mass is 205 g/mol. The second-order valence-electron chi connectivity index (χ2n) is 2.91. The first-order chi connectivity index (χ1) is 6.47. The van der Waals surface area contributed by atoms with Gasteiger partial charge in [-0.25, -0.2) is 9.59 Å². The molecule has 0 aromatic heterocycles. The number of hydroxylamine groups is 1. The first-order valence-corrected chi connectivity index (χ1v) is 4.32. The normalized spacial score (nSPS) is 12.3. The van der Waals surface area contributed by atoms with Gasteiger partial charge in [-0.05, 0) is 20.3 Å². The molecule has 6 nitrogen and oxygen atoms in total. The molecule has 0 aliphatic carbocycles. The van der Waals surface area contributed by atoms with E-state index < -0.39 is 18.2 Å². The molecule has 0 radical (unpaired) electrons. The first-order valence-electron chi connectivity index (χ1n) is 4.32. The van der Waals surface area contributed by atoms with Crippen molar-refractivity contribution in [3.05, 3.63) is 0 Å². The van der Waals surface area contributed by atoms with Crippen molar-refractivity contribution in [2.45, 2.75) is 39.4 Å². The molecule has 0 saturated carbocycles. The highest BCUT2D eigenvalue weighted by molar-refractivity contribution is 5.72. The number of carboxylic acids is 1. The first kappa shape index (κ1) is 12.7. The summed E-state index contributed by atoms with van der Waals surface area (Å²) in [6.45, 7) is 4.98. The predicted molar refractivity (Wildman–Crippen MR) is 47.6 cm³/mol. The van der Waals surface area contributed by atoms with Crippen LogP contribution in [0.3, 0.4) is 0 Å². The van der Waals surface area contributed by atoms with E-state index in [2.05, 4.69) is 9.57 Å². The molecule has 82 valence electrons. The summed E-state index contributed by atoms with van der Waals surface area (Å²) in [5.74, 6) is -1.13. The van der Waals surface area contributed by atoms with Crippen molar-refractivity contribution in [3.63, 3.8) is 0 Å². The van der Waals surface area contributed by atoms with Crippen molar-refractivity contribution in [3.8, 4) is 0 Å². The Morgan fingerprint density at radius 3 is 2.36 bits per heavy atom. The van der Waals surface area contributed by atoms with Crippen LogP contribution < -0.4 is 5.48 Å². The second-order valence-corrected chi connectivity index (χ2v) is 2.91. The summed E-state index contributed by atoms with van der Waals surface area (Å²) >= 11 is 0. The zero-order chi connectivity index (χ0) is 11.1. The summed E-state index contributed by atoms with van der Waals surface area (Å²) in [6.07, 6.45) is -1.85. The van der Waals surface area contributed by atoms with Gasteiger partial charge in [-0.3, -0.25) is 4.84 Å². The van der Waals surface area contributed by atoms with Gasteiger partial charge >= 0.3 is 12.1 Å². The Hall–Kier alpha value is -1.30. The van der Waals surface area contributed by atoms with Crippen molar-refractivity contribution in [1.29, 1.82) is 0 Å². The van der Waals surface area contributed by atoms with Crippen LogP contribution in [-0.2, 0) is 14.4 Å². The van der Waals surface area contributed by atoms with Crippen molar-refractivity contribution < 1.29 is 24.3 Å². The van der Waals surface area contributed by atoms with E-state index >= 15 is 0 Å². The molecule has 0 spiro atoms. The van der Waals surface area contributed by atoms with Gasteiger partial charge < -0.3 is 9.84 Å². The molecule has 0 heterocycles. The van der Waals surface area contributed by atoms with Crippen LogP contribution in [0.4, 0.5) is 4.79 Å². The maximum absolute atomic E-state index is 10.8. The quantitative estimate of drug-likeness (QED) is 0.652. The van der Waals surface area contributed by atoms with Crippen molar-refractivity contribution in [1.82, 2.24) is 5.48 Å². The zero-order valence-corrected chi connectivity index (χ0v) is 8.44. The number of hydrogen-bond donors (Lipinski definition) is 2. The third-order valence-electron chi connectivity index (χ3n) is 1.27. The standard InChI is InChI=1S/C8H15NO5/c1-4-6(7(10)11)14-9-8(12)13-5(2)3/h5-6H,4H2,1-3H3,(H,9,12)(H,10,11)/t6-/m1/s1. The van der Waals surface area contributed by atoms with E-state index in [1.165, 1.54) is 0 Å². The lowest BCUT2D eigenvalue weighted by molar-refractivity contribution is -0.154. The van der Waals surface area contributed by atoms with Crippen LogP contribution in [0.15, 0.2) is 0 Å². The van der Waals surface area contributed by atoms with Gasteiger partial charge in [0.1, 0.15) is 0 Å². The third kappa shape index (κ3) is 5.36. The zero-order valence-electron chi connectivity index (χ0n) is 8.44. The van der Waals surface area contributed by atoms with E-state index in [0.717, 1.165) is 0 Å². The van der Waals surface area contributed by atoms with Crippen molar-refractivity contribution in [2.75, 3.05) is 0 Å². The molecular weight excluding hydrogens is 190 g/mol. The van der Waals surface area contributed by atoms with Crippen LogP contribution in [0.1, 0.15) is 27.2 Å². The van der Waals surface area contributed by atoms with Crippen LogP contribution in [0.2, 0.25) is 0 Å². The molecule has 1 atom stereocenters. The minimum Gasteiger partial charge on any atom is -0.479 e. The van der Waals surface area contributed by atoms with E-state index in [0.29, 0.717) is 0 Å². The average Bonchev–Trinajstić information content (AvgIpc) is 2.03. The van der Waals surface area contributed by atoms with Gasteiger partial charge in [0.15, 0.2) is 6.10 Å². The lowest BCUT2D eigenvalue weighted by Gasteiger charge is -2.12. The Bertz CT molecular complexity index is 204. The average molecular weight is 205 g/mol. The van der Waals surface area contributed by atoms with Crippen LogP contribution >= 0.6 is 0 Å². The van der Waals surface area contributed by atoms with E-state index in [1.54, 1.807) is 20.8 Å². The molecule has 14 heavy (non-hydrogen) atoms. The highest BCUT2D eigenvalue weighted by atomic mass is 16.7. The molecule has 0 unspecified atom stereocenters. The molecular formula is C8H15NO5. The summed E-state index contributed by atoms with van der Waals surface area (Å²) in [4.78, 5) is 25.9. The number of carbonyl (C=O) groups is 2. The molecule has 1 amide bonds. The fourth-order valence-electron chi connectivity index (χ4n) is 0.666. The molecule has 0 fully saturated rings. The molecule has 0 aliphatic heterocycles. The summed E-state index contributed by atoms with van der Waals surface area (Å²) in [7, 11) is 0. The number of aliphatic carboxylic acids is 1. The summed E-state index contributed by atoms with van der Waals surface area (Å²) in [5, 5.41) is 8.55. The number of amides is 1. The summed E-state index contributed by atoms with van der Waals surface area (Å²) < 4.78 is 4.66. The maximum atomic E-state index is 10.8. The molecule has 0 aromatic carbocycles. The second kappa shape index (κ2) is 6.20. The maximum Gasteiger partial charge on any atom is 0.431 e. The fraction of sp³-hybridized carbons (Fsp3) is 0.750. The van der Waals surface area contributed by atoms with Gasteiger partial charge in [-0.2, -0.15) is 5.48 Å². The molecule has 0 aliphatic rings. The van der Waals surface area contributed by atoms with E-state index in [-0.39, 0.29) is 12.5 Å². The number of hydrogen-bond acceptors (Lipinski definition) is 4. The highest BCUT2D eigenvalue weighted by Gasteiger charge is 2.17. The van der Waals surface area contributed by atoms with Gasteiger partial charge in [0.25, 0.3) is 0 Å². The van der Waals surface area contributed by atoms with Crippen LogP contribution in [0, 0.1) is 0 Å². The minimum absolute atomic E-state index is 0.261. The van der Waals surface area contributed by atoms with Crippen molar-refractivity contribution >= 4 is 12.1 Å².